The van der Waals surface area contributed by atoms with E-state index in [1.165, 1.54) is 5.56 Å². The Bertz CT molecular complexity index is 624. The molecule has 116 valence electrons. The molecule has 0 aromatic heterocycles. The molecule has 0 atom stereocenters. The van der Waals surface area contributed by atoms with Crippen LogP contribution in [0.4, 0.5) is 5.69 Å². The maximum Gasteiger partial charge on any atom is 0.251 e. The molecule has 0 heterocycles. The van der Waals surface area contributed by atoms with E-state index in [1.807, 2.05) is 32.0 Å². The minimum Gasteiger partial charge on any atom is -0.491 e. The summed E-state index contributed by atoms with van der Waals surface area (Å²) in [6.45, 7) is 4.36. The molecular weight excluding hydrogens is 276 g/mol. The molecule has 0 spiro atoms. The summed E-state index contributed by atoms with van der Waals surface area (Å²) >= 11 is 0. The van der Waals surface area contributed by atoms with Crippen LogP contribution in [0.2, 0.25) is 0 Å². The Morgan fingerprint density at radius 1 is 1.18 bits per heavy atom. The lowest BCUT2D eigenvalue weighted by atomic mass is 10.1. The van der Waals surface area contributed by atoms with E-state index in [4.69, 9.17) is 10.5 Å². The molecule has 0 radical (unpaired) electrons. The Morgan fingerprint density at radius 2 is 1.91 bits per heavy atom. The lowest BCUT2D eigenvalue weighted by Gasteiger charge is -2.12. The second-order valence-corrected chi connectivity index (χ2v) is 5.46. The Morgan fingerprint density at radius 3 is 2.59 bits per heavy atom. The van der Waals surface area contributed by atoms with E-state index in [1.54, 1.807) is 18.2 Å². The van der Waals surface area contributed by atoms with Gasteiger partial charge in [-0.1, -0.05) is 30.3 Å². The summed E-state index contributed by atoms with van der Waals surface area (Å²) in [7, 11) is 0. The third kappa shape index (κ3) is 4.52. The summed E-state index contributed by atoms with van der Waals surface area (Å²) in [5.74, 6) is 0.426. The molecule has 4 heteroatoms. The van der Waals surface area contributed by atoms with Gasteiger partial charge in [-0.05, 0) is 37.6 Å². The van der Waals surface area contributed by atoms with Crippen LogP contribution in [0.1, 0.15) is 29.8 Å². The third-order valence-electron chi connectivity index (χ3n) is 3.19. The Kier molecular flexibility index (Phi) is 5.42. The number of ether oxygens (including phenoxy) is 1. The van der Waals surface area contributed by atoms with Crippen molar-refractivity contribution < 1.29 is 9.53 Å². The van der Waals surface area contributed by atoms with Gasteiger partial charge in [0, 0.05) is 18.0 Å². The van der Waals surface area contributed by atoms with Crippen molar-refractivity contribution in [1.29, 1.82) is 0 Å². The van der Waals surface area contributed by atoms with Crippen molar-refractivity contribution in [3.05, 3.63) is 59.7 Å². The average molecular weight is 298 g/mol. The van der Waals surface area contributed by atoms with Crippen molar-refractivity contribution in [2.24, 2.45) is 0 Å². The molecule has 0 fully saturated rings. The Hall–Kier alpha value is -2.49. The van der Waals surface area contributed by atoms with Crippen molar-refractivity contribution in [3.63, 3.8) is 0 Å². The predicted molar refractivity (Wildman–Crippen MR) is 89.1 cm³/mol. The van der Waals surface area contributed by atoms with Gasteiger partial charge < -0.3 is 15.8 Å². The number of carbonyl (C=O) groups excluding carboxylic acids is 1. The van der Waals surface area contributed by atoms with Crippen LogP contribution in [0.5, 0.6) is 5.75 Å². The van der Waals surface area contributed by atoms with Gasteiger partial charge in [0.25, 0.3) is 5.91 Å². The van der Waals surface area contributed by atoms with Crippen molar-refractivity contribution in [2.45, 2.75) is 26.3 Å². The minimum atomic E-state index is -0.122. The number of amides is 1. The smallest absolute Gasteiger partial charge is 0.251 e. The van der Waals surface area contributed by atoms with E-state index in [-0.39, 0.29) is 11.9 Å². The standard InChI is InChI=1S/C18H22N2O2/c1-13(2)20-18(21)15-8-9-16(19)17(12-15)22-11-10-14-6-4-3-5-7-14/h3-9,12-13H,10-11,19H2,1-2H3,(H,20,21). The van der Waals surface area contributed by atoms with E-state index in [0.29, 0.717) is 23.6 Å². The first kappa shape index (κ1) is 15.9. The van der Waals surface area contributed by atoms with Gasteiger partial charge in [0.05, 0.1) is 12.3 Å². The molecule has 2 rings (SSSR count). The van der Waals surface area contributed by atoms with Crippen LogP contribution in [0, 0.1) is 0 Å². The Balaban J connectivity index is 1.99. The highest BCUT2D eigenvalue weighted by atomic mass is 16.5. The van der Waals surface area contributed by atoms with Gasteiger partial charge in [-0.25, -0.2) is 0 Å². The second kappa shape index (κ2) is 7.50. The van der Waals surface area contributed by atoms with Crippen molar-refractivity contribution in [1.82, 2.24) is 5.32 Å². The van der Waals surface area contributed by atoms with Gasteiger partial charge in [0.1, 0.15) is 5.75 Å². The average Bonchev–Trinajstić information content (AvgIpc) is 2.49. The van der Waals surface area contributed by atoms with E-state index < -0.39 is 0 Å². The lowest BCUT2D eigenvalue weighted by molar-refractivity contribution is 0.0942. The minimum absolute atomic E-state index is 0.0903. The van der Waals surface area contributed by atoms with Gasteiger partial charge in [-0.15, -0.1) is 0 Å². The van der Waals surface area contributed by atoms with E-state index in [0.717, 1.165) is 6.42 Å². The molecule has 0 aliphatic carbocycles. The fourth-order valence-electron chi connectivity index (χ4n) is 2.07. The molecule has 2 aromatic carbocycles. The number of hydrogen-bond acceptors (Lipinski definition) is 3. The third-order valence-corrected chi connectivity index (χ3v) is 3.19. The molecule has 0 bridgehead atoms. The van der Waals surface area contributed by atoms with Crippen molar-refractivity contribution >= 4 is 11.6 Å². The van der Waals surface area contributed by atoms with Gasteiger partial charge >= 0.3 is 0 Å². The van der Waals surface area contributed by atoms with Gasteiger partial charge in [0.15, 0.2) is 0 Å². The summed E-state index contributed by atoms with van der Waals surface area (Å²) in [4.78, 5) is 12.0. The van der Waals surface area contributed by atoms with Crippen LogP contribution in [0.3, 0.4) is 0 Å². The maximum absolute atomic E-state index is 12.0. The largest absolute Gasteiger partial charge is 0.491 e. The molecule has 4 nitrogen and oxygen atoms in total. The zero-order valence-corrected chi connectivity index (χ0v) is 13.0. The van der Waals surface area contributed by atoms with Crippen LogP contribution >= 0.6 is 0 Å². The molecule has 1 amide bonds. The number of rotatable bonds is 6. The molecular formula is C18H22N2O2. The highest BCUT2D eigenvalue weighted by Gasteiger charge is 2.10. The number of nitrogens with two attached hydrogens (primary N) is 1. The van der Waals surface area contributed by atoms with Crippen LogP contribution in [-0.4, -0.2) is 18.6 Å². The Labute approximate surface area is 131 Å². The summed E-state index contributed by atoms with van der Waals surface area (Å²) in [5, 5.41) is 2.85. The van der Waals surface area contributed by atoms with E-state index >= 15 is 0 Å². The summed E-state index contributed by atoms with van der Waals surface area (Å²) in [6, 6.07) is 15.3. The quantitative estimate of drug-likeness (QED) is 0.806. The highest BCUT2D eigenvalue weighted by Crippen LogP contribution is 2.23. The number of carbonyl (C=O) groups is 1. The van der Waals surface area contributed by atoms with Crippen LogP contribution < -0.4 is 15.8 Å². The molecule has 0 aliphatic rings. The summed E-state index contributed by atoms with van der Waals surface area (Å²) in [6.07, 6.45) is 0.794. The molecule has 0 saturated heterocycles. The predicted octanol–water partition coefficient (Wildman–Crippen LogP) is 3.03. The zero-order chi connectivity index (χ0) is 15.9. The summed E-state index contributed by atoms with van der Waals surface area (Å²) < 4.78 is 5.73. The molecule has 22 heavy (non-hydrogen) atoms. The molecule has 0 saturated carbocycles. The fraction of sp³-hybridized carbons (Fsp3) is 0.278. The number of nitrogen functional groups attached to an aromatic ring is 1. The second-order valence-electron chi connectivity index (χ2n) is 5.46. The molecule has 0 unspecified atom stereocenters. The summed E-state index contributed by atoms with van der Waals surface area (Å²) in [5.41, 5.74) is 8.21. The number of hydrogen-bond donors (Lipinski definition) is 2. The van der Waals surface area contributed by atoms with Gasteiger partial charge in [0.2, 0.25) is 0 Å². The van der Waals surface area contributed by atoms with Crippen molar-refractivity contribution in [3.8, 4) is 5.75 Å². The fourth-order valence-corrected chi connectivity index (χ4v) is 2.07. The highest BCUT2D eigenvalue weighted by molar-refractivity contribution is 5.95. The normalized spacial score (nSPS) is 10.5. The molecule has 2 aromatic rings. The van der Waals surface area contributed by atoms with Gasteiger partial charge in [-0.2, -0.15) is 0 Å². The van der Waals surface area contributed by atoms with Crippen LogP contribution in [0.25, 0.3) is 0 Å². The van der Waals surface area contributed by atoms with E-state index in [9.17, 15) is 4.79 Å². The first-order chi connectivity index (χ1) is 10.6. The molecule has 3 N–H and O–H groups in total. The first-order valence-electron chi connectivity index (χ1n) is 7.43. The van der Waals surface area contributed by atoms with Gasteiger partial charge in [-0.3, -0.25) is 4.79 Å². The first-order valence-corrected chi connectivity index (χ1v) is 7.43. The lowest BCUT2D eigenvalue weighted by Crippen LogP contribution is -2.30. The van der Waals surface area contributed by atoms with E-state index in [2.05, 4.69) is 17.4 Å². The van der Waals surface area contributed by atoms with Crippen molar-refractivity contribution in [2.75, 3.05) is 12.3 Å². The van der Waals surface area contributed by atoms with Crippen LogP contribution in [0.15, 0.2) is 48.5 Å². The SMILES string of the molecule is CC(C)NC(=O)c1ccc(N)c(OCCc2ccccc2)c1. The zero-order valence-electron chi connectivity index (χ0n) is 13.0. The maximum atomic E-state index is 12.0. The van der Waals surface area contributed by atoms with Crippen LogP contribution in [-0.2, 0) is 6.42 Å². The number of nitrogens with one attached hydrogen (secondary N) is 1. The monoisotopic (exact) mass is 298 g/mol. The number of benzene rings is 2. The number of anilines is 1. The molecule has 0 aliphatic heterocycles. The topological polar surface area (TPSA) is 64.4 Å².